The molecule has 100 valence electrons. The quantitative estimate of drug-likeness (QED) is 0.573. The van der Waals surface area contributed by atoms with Crippen molar-refractivity contribution in [3.63, 3.8) is 0 Å². The summed E-state index contributed by atoms with van der Waals surface area (Å²) in [4.78, 5) is 11.8. The first-order valence-electron chi connectivity index (χ1n) is 5.39. The summed E-state index contributed by atoms with van der Waals surface area (Å²) < 4.78 is 9.56. The van der Waals surface area contributed by atoms with Gasteiger partial charge in [0.15, 0.2) is 0 Å². The zero-order valence-electron chi connectivity index (χ0n) is 11.2. The molecule has 0 heterocycles. The molecule has 18 heavy (non-hydrogen) atoms. The van der Waals surface area contributed by atoms with Crippen LogP contribution in [0.3, 0.4) is 0 Å². The summed E-state index contributed by atoms with van der Waals surface area (Å²) in [6.45, 7) is 12.0. The molecule has 0 rings (SSSR count). The molecular weight excluding hydrogens is 311 g/mol. The van der Waals surface area contributed by atoms with Crippen molar-refractivity contribution in [2.75, 3.05) is 0 Å². The molecule has 0 radical (unpaired) electrons. The van der Waals surface area contributed by atoms with Crippen LogP contribution in [0.1, 0.15) is 33.6 Å². The van der Waals surface area contributed by atoms with Crippen LogP contribution < -0.4 is 0 Å². The molecule has 0 aliphatic carbocycles. The van der Waals surface area contributed by atoms with Crippen LogP contribution in [0.15, 0.2) is 37.2 Å². The Morgan fingerprint density at radius 1 is 1.33 bits per heavy atom. The summed E-state index contributed by atoms with van der Waals surface area (Å²) in [6, 6.07) is 0. The second kappa shape index (κ2) is 9.15. The maximum Gasteiger partial charge on any atom is 0.316 e. The minimum Gasteiger partial charge on any atom is -0.481 e. The number of aliphatic hydroxyl groups is 1. The van der Waals surface area contributed by atoms with E-state index in [2.05, 4.69) is 13.2 Å². The van der Waals surface area contributed by atoms with Crippen molar-refractivity contribution < 1.29 is 45.6 Å². The van der Waals surface area contributed by atoms with E-state index in [4.69, 9.17) is 9.47 Å². The zero-order chi connectivity index (χ0) is 13.5. The van der Waals surface area contributed by atoms with Crippen LogP contribution >= 0.6 is 0 Å². The number of hydrogen-bond acceptors (Lipinski definition) is 4. The van der Waals surface area contributed by atoms with Gasteiger partial charge >= 0.3 is 5.97 Å². The van der Waals surface area contributed by atoms with Gasteiger partial charge in [0.1, 0.15) is 0 Å². The molecule has 1 N–H and O–H groups in total. The Bertz CT molecular complexity index is 336. The van der Waals surface area contributed by atoms with Crippen molar-refractivity contribution in [1.29, 1.82) is 0 Å². The van der Waals surface area contributed by atoms with Crippen LogP contribution in [0.5, 0.6) is 0 Å². The third-order valence-electron chi connectivity index (χ3n) is 2.68. The van der Waals surface area contributed by atoms with Gasteiger partial charge < -0.3 is 14.6 Å². The van der Waals surface area contributed by atoms with E-state index in [1.54, 1.807) is 13.8 Å². The minimum atomic E-state index is -0.712. The maximum atomic E-state index is 11.8. The van der Waals surface area contributed by atoms with E-state index in [1.807, 2.05) is 6.92 Å². The number of allylic oxidation sites excluding steroid dienone is 1. The van der Waals surface area contributed by atoms with Crippen LogP contribution in [0.2, 0.25) is 0 Å². The zero-order valence-corrected chi connectivity index (χ0v) is 13.6. The Morgan fingerprint density at radius 3 is 2.22 bits per heavy atom. The van der Waals surface area contributed by atoms with Crippen LogP contribution in [-0.4, -0.2) is 11.1 Å². The van der Waals surface area contributed by atoms with Crippen molar-refractivity contribution in [2.45, 2.75) is 33.6 Å². The van der Waals surface area contributed by atoms with Gasteiger partial charge in [-0.05, 0) is 26.7 Å². The molecule has 0 aromatic rings. The van der Waals surface area contributed by atoms with Crippen LogP contribution in [0, 0.1) is 5.41 Å². The van der Waals surface area contributed by atoms with Crippen molar-refractivity contribution in [3.05, 3.63) is 37.2 Å². The van der Waals surface area contributed by atoms with Gasteiger partial charge in [0.25, 0.3) is 5.95 Å². The number of hydrogen-bond donors (Lipinski definition) is 1. The third-order valence-corrected chi connectivity index (χ3v) is 2.68. The van der Waals surface area contributed by atoms with Crippen molar-refractivity contribution >= 4 is 5.97 Å². The van der Waals surface area contributed by atoms with Gasteiger partial charge in [-0.25, -0.2) is 0 Å². The number of carbonyl (C=O) groups excluding carboxylic acids is 1. The first-order chi connectivity index (χ1) is 7.91. The minimum absolute atomic E-state index is 0. The normalized spacial score (nSPS) is 14.4. The van der Waals surface area contributed by atoms with Crippen molar-refractivity contribution in [1.82, 2.24) is 0 Å². The molecule has 0 spiro atoms. The maximum absolute atomic E-state index is 11.8. The Hall–Kier alpha value is -0.827. The standard InChI is InChI=1S/C13H20O4.Zr/c1-6-13(5,12(15)17-8-3)9-10(4)11(14)16-7-2;/h7-8,14H,2-3,6,9H2,1,4-5H3;/b11-10+;/t13-;/m1./s1. The van der Waals surface area contributed by atoms with Gasteiger partial charge in [0.05, 0.1) is 17.9 Å². The van der Waals surface area contributed by atoms with E-state index in [-0.39, 0.29) is 38.1 Å². The topological polar surface area (TPSA) is 55.8 Å². The molecule has 0 aliphatic heterocycles. The van der Waals surface area contributed by atoms with E-state index in [1.165, 1.54) is 0 Å². The summed E-state index contributed by atoms with van der Waals surface area (Å²) in [5, 5.41) is 9.50. The molecule has 0 aliphatic rings. The van der Waals surface area contributed by atoms with Crippen LogP contribution in [0.25, 0.3) is 0 Å². The molecule has 0 saturated carbocycles. The van der Waals surface area contributed by atoms with E-state index in [9.17, 15) is 9.90 Å². The summed E-state index contributed by atoms with van der Waals surface area (Å²) in [6.07, 6.45) is 3.16. The van der Waals surface area contributed by atoms with E-state index in [0.29, 0.717) is 18.4 Å². The summed E-state index contributed by atoms with van der Waals surface area (Å²) in [7, 11) is 0. The number of aliphatic hydroxyl groups excluding tert-OH is 1. The van der Waals surface area contributed by atoms with Gasteiger partial charge in [-0.15, -0.1) is 0 Å². The Balaban J connectivity index is 0. The van der Waals surface area contributed by atoms with Gasteiger partial charge in [0, 0.05) is 31.8 Å². The molecule has 0 aromatic carbocycles. The molecule has 1 atom stereocenters. The molecule has 4 nitrogen and oxygen atoms in total. The average molecular weight is 332 g/mol. The molecule has 0 unspecified atom stereocenters. The number of esters is 1. The smallest absolute Gasteiger partial charge is 0.316 e. The van der Waals surface area contributed by atoms with Gasteiger partial charge in [-0.3, -0.25) is 4.79 Å². The van der Waals surface area contributed by atoms with Gasteiger partial charge in [-0.1, -0.05) is 20.1 Å². The third kappa shape index (κ3) is 5.68. The fourth-order valence-electron chi connectivity index (χ4n) is 1.40. The second-order valence-electron chi connectivity index (χ2n) is 4.03. The summed E-state index contributed by atoms with van der Waals surface area (Å²) in [5.41, 5.74) is -0.146. The SMILES string of the molecule is C=COC(=O)[C@](C)(CC)C/C(C)=C(\O)OC=C.[Zr]. The van der Waals surface area contributed by atoms with E-state index >= 15 is 0 Å². The van der Waals surface area contributed by atoms with Crippen molar-refractivity contribution in [2.24, 2.45) is 5.41 Å². The Morgan fingerprint density at radius 2 is 1.83 bits per heavy atom. The van der Waals surface area contributed by atoms with Gasteiger partial charge in [0.2, 0.25) is 0 Å². The molecular formula is C13H20O4Zr. The summed E-state index contributed by atoms with van der Waals surface area (Å²) >= 11 is 0. The number of rotatable bonds is 7. The Labute approximate surface area is 127 Å². The van der Waals surface area contributed by atoms with E-state index < -0.39 is 5.41 Å². The molecule has 5 heteroatoms. The van der Waals surface area contributed by atoms with Crippen LogP contribution in [0.4, 0.5) is 0 Å². The molecule has 0 saturated heterocycles. The number of ether oxygens (including phenoxy) is 2. The molecule has 0 aromatic heterocycles. The molecule has 0 bridgehead atoms. The first kappa shape index (κ1) is 19.5. The van der Waals surface area contributed by atoms with Gasteiger partial charge in [-0.2, -0.15) is 0 Å². The van der Waals surface area contributed by atoms with Crippen molar-refractivity contribution in [3.8, 4) is 0 Å². The predicted molar refractivity (Wildman–Crippen MR) is 65.9 cm³/mol. The molecule has 0 amide bonds. The number of carbonyl (C=O) groups is 1. The fourth-order valence-corrected chi connectivity index (χ4v) is 1.40. The predicted octanol–water partition coefficient (Wildman–Crippen LogP) is 3.43. The monoisotopic (exact) mass is 330 g/mol. The first-order valence-corrected chi connectivity index (χ1v) is 5.39. The molecule has 0 fully saturated rings. The largest absolute Gasteiger partial charge is 0.481 e. The Kier molecular flexibility index (Phi) is 9.92. The average Bonchev–Trinajstić information content (AvgIpc) is 2.29. The second-order valence-corrected chi connectivity index (χ2v) is 4.03. The van der Waals surface area contributed by atoms with E-state index in [0.717, 1.165) is 12.5 Å². The van der Waals surface area contributed by atoms with Crippen LogP contribution in [-0.2, 0) is 40.5 Å². The fraction of sp³-hybridized carbons (Fsp3) is 0.462. The summed E-state index contributed by atoms with van der Waals surface area (Å²) in [5.74, 6) is -0.605.